The number of pyridine rings is 1. The second-order valence-corrected chi connectivity index (χ2v) is 3.14. The molecule has 1 amide bonds. The first-order chi connectivity index (χ1) is 5.79. The number of nitrogens with zero attached hydrogens (tertiary/aromatic N) is 1. The highest BCUT2D eigenvalue weighted by molar-refractivity contribution is 5.81. The van der Waals surface area contributed by atoms with Gasteiger partial charge in [0.1, 0.15) is 0 Å². The first-order valence-corrected chi connectivity index (χ1v) is 3.98. The highest BCUT2D eigenvalue weighted by Crippen LogP contribution is 2.46. The van der Waals surface area contributed by atoms with Gasteiger partial charge in [0.25, 0.3) is 0 Å². The average molecular weight is 162 g/mol. The normalized spacial score (nSPS) is 26.7. The van der Waals surface area contributed by atoms with Gasteiger partial charge >= 0.3 is 0 Å². The molecule has 1 aromatic rings. The van der Waals surface area contributed by atoms with Crippen LogP contribution in [0, 0.1) is 5.92 Å². The molecule has 1 heterocycles. The summed E-state index contributed by atoms with van der Waals surface area (Å²) in [5.74, 6) is 0.189. The number of carbonyl (C=O) groups excluding carboxylic acids is 1. The fourth-order valence-corrected chi connectivity index (χ4v) is 1.47. The molecule has 3 heteroatoms. The summed E-state index contributed by atoms with van der Waals surface area (Å²) in [7, 11) is 0. The molecule has 1 aliphatic rings. The molecule has 0 aromatic carbocycles. The largest absolute Gasteiger partial charge is 0.369 e. The van der Waals surface area contributed by atoms with E-state index in [-0.39, 0.29) is 11.8 Å². The minimum absolute atomic E-state index is 0.0502. The van der Waals surface area contributed by atoms with Gasteiger partial charge in [-0.1, -0.05) is 6.07 Å². The predicted molar refractivity (Wildman–Crippen MR) is 44.3 cm³/mol. The monoisotopic (exact) mass is 162 g/mol. The first-order valence-electron chi connectivity index (χ1n) is 3.98. The van der Waals surface area contributed by atoms with Gasteiger partial charge in [-0.3, -0.25) is 9.78 Å². The smallest absolute Gasteiger partial charge is 0.221 e. The molecule has 0 aliphatic heterocycles. The maximum atomic E-state index is 10.7. The van der Waals surface area contributed by atoms with Gasteiger partial charge in [-0.15, -0.1) is 0 Å². The molecule has 3 nitrogen and oxygen atoms in total. The summed E-state index contributed by atoms with van der Waals surface area (Å²) in [5.41, 5.74) is 6.29. The first kappa shape index (κ1) is 7.28. The van der Waals surface area contributed by atoms with E-state index in [4.69, 9.17) is 5.73 Å². The molecule has 0 spiro atoms. The van der Waals surface area contributed by atoms with Crippen LogP contribution in [0.3, 0.4) is 0 Å². The molecule has 62 valence electrons. The molecular formula is C9H10N2O. The van der Waals surface area contributed by atoms with E-state index < -0.39 is 0 Å². The lowest BCUT2D eigenvalue weighted by Crippen LogP contribution is -2.13. The molecule has 12 heavy (non-hydrogen) atoms. The van der Waals surface area contributed by atoms with Gasteiger partial charge in [0.15, 0.2) is 0 Å². The number of rotatable bonds is 2. The third-order valence-electron chi connectivity index (χ3n) is 2.27. The van der Waals surface area contributed by atoms with Crippen molar-refractivity contribution in [1.29, 1.82) is 0 Å². The molecule has 0 unspecified atom stereocenters. The van der Waals surface area contributed by atoms with Crippen molar-refractivity contribution in [2.24, 2.45) is 11.7 Å². The van der Waals surface area contributed by atoms with Gasteiger partial charge in [-0.05, 0) is 24.0 Å². The van der Waals surface area contributed by atoms with Crippen LogP contribution in [0.5, 0.6) is 0 Å². The van der Waals surface area contributed by atoms with Crippen LogP contribution >= 0.6 is 0 Å². The zero-order chi connectivity index (χ0) is 8.55. The fourth-order valence-electron chi connectivity index (χ4n) is 1.47. The highest BCUT2D eigenvalue weighted by atomic mass is 16.1. The van der Waals surface area contributed by atoms with Crippen LogP contribution < -0.4 is 5.73 Å². The Kier molecular flexibility index (Phi) is 1.57. The SMILES string of the molecule is NC(=O)[C@H]1C[C@@H]1c1cccnc1. The number of carbonyl (C=O) groups is 1. The fraction of sp³-hybridized carbons (Fsp3) is 0.333. The van der Waals surface area contributed by atoms with Crippen LogP contribution in [0.4, 0.5) is 0 Å². The topological polar surface area (TPSA) is 56.0 Å². The van der Waals surface area contributed by atoms with Gasteiger partial charge in [0, 0.05) is 18.3 Å². The van der Waals surface area contributed by atoms with Gasteiger partial charge < -0.3 is 5.73 Å². The molecule has 0 radical (unpaired) electrons. The van der Waals surface area contributed by atoms with E-state index in [1.807, 2.05) is 12.1 Å². The van der Waals surface area contributed by atoms with Crippen molar-refractivity contribution in [3.63, 3.8) is 0 Å². The number of aromatic nitrogens is 1. The van der Waals surface area contributed by atoms with Crippen molar-refractivity contribution >= 4 is 5.91 Å². The van der Waals surface area contributed by atoms with E-state index in [1.165, 1.54) is 0 Å². The number of hydrogen-bond donors (Lipinski definition) is 1. The number of primary amides is 1. The summed E-state index contributed by atoms with van der Waals surface area (Å²) in [4.78, 5) is 14.7. The molecule has 2 rings (SSSR count). The van der Waals surface area contributed by atoms with Crippen molar-refractivity contribution < 1.29 is 4.79 Å². The van der Waals surface area contributed by atoms with Crippen LogP contribution in [0.1, 0.15) is 17.9 Å². The maximum absolute atomic E-state index is 10.7. The van der Waals surface area contributed by atoms with Crippen LogP contribution in [-0.2, 0) is 4.79 Å². The Morgan fingerprint density at radius 3 is 3.00 bits per heavy atom. The van der Waals surface area contributed by atoms with Gasteiger partial charge in [-0.2, -0.15) is 0 Å². The Labute approximate surface area is 70.6 Å². The van der Waals surface area contributed by atoms with Crippen molar-refractivity contribution in [3.05, 3.63) is 30.1 Å². The lowest BCUT2D eigenvalue weighted by Gasteiger charge is -1.95. The molecule has 2 atom stereocenters. The third-order valence-corrected chi connectivity index (χ3v) is 2.27. The van der Waals surface area contributed by atoms with Crippen molar-refractivity contribution in [2.45, 2.75) is 12.3 Å². The molecular weight excluding hydrogens is 152 g/mol. The van der Waals surface area contributed by atoms with Crippen LogP contribution in [0.2, 0.25) is 0 Å². The maximum Gasteiger partial charge on any atom is 0.221 e. The average Bonchev–Trinajstić information content (AvgIpc) is 2.84. The summed E-state index contributed by atoms with van der Waals surface area (Å²) < 4.78 is 0. The van der Waals surface area contributed by atoms with Crippen LogP contribution in [0.15, 0.2) is 24.5 Å². The Morgan fingerprint density at radius 1 is 1.67 bits per heavy atom. The minimum Gasteiger partial charge on any atom is -0.369 e. The quantitative estimate of drug-likeness (QED) is 0.694. The zero-order valence-corrected chi connectivity index (χ0v) is 6.60. The van der Waals surface area contributed by atoms with Gasteiger partial charge in [-0.25, -0.2) is 0 Å². The number of amides is 1. The zero-order valence-electron chi connectivity index (χ0n) is 6.60. The highest BCUT2D eigenvalue weighted by Gasteiger charge is 2.42. The Bertz CT molecular complexity index is 297. The molecule has 1 aromatic heterocycles. The summed E-state index contributed by atoms with van der Waals surface area (Å²) in [6, 6.07) is 3.87. The molecule has 1 saturated carbocycles. The van der Waals surface area contributed by atoms with E-state index >= 15 is 0 Å². The van der Waals surface area contributed by atoms with E-state index in [0.717, 1.165) is 12.0 Å². The lowest BCUT2D eigenvalue weighted by molar-refractivity contribution is -0.119. The van der Waals surface area contributed by atoms with Crippen LogP contribution in [-0.4, -0.2) is 10.9 Å². The van der Waals surface area contributed by atoms with Crippen molar-refractivity contribution in [2.75, 3.05) is 0 Å². The van der Waals surface area contributed by atoms with E-state index in [9.17, 15) is 4.79 Å². The molecule has 1 fully saturated rings. The standard InChI is InChI=1S/C9H10N2O/c10-9(12)8-4-7(8)6-2-1-3-11-5-6/h1-3,5,7-8H,4H2,(H2,10,12)/t7-,8+/m1/s1. The van der Waals surface area contributed by atoms with Crippen molar-refractivity contribution in [1.82, 2.24) is 4.98 Å². The summed E-state index contributed by atoms with van der Waals surface area (Å²) in [5, 5.41) is 0. The third kappa shape index (κ3) is 1.18. The predicted octanol–water partition coefficient (Wildman–Crippen LogP) is 0.670. The molecule has 1 aliphatic carbocycles. The van der Waals surface area contributed by atoms with Crippen molar-refractivity contribution in [3.8, 4) is 0 Å². The number of nitrogens with two attached hydrogens (primary N) is 1. The molecule has 0 bridgehead atoms. The summed E-state index contributed by atoms with van der Waals surface area (Å²) >= 11 is 0. The van der Waals surface area contributed by atoms with E-state index in [0.29, 0.717) is 5.92 Å². The molecule has 0 saturated heterocycles. The summed E-state index contributed by atoms with van der Waals surface area (Å²) in [6.07, 6.45) is 4.42. The van der Waals surface area contributed by atoms with E-state index in [2.05, 4.69) is 4.98 Å². The number of hydrogen-bond acceptors (Lipinski definition) is 2. The summed E-state index contributed by atoms with van der Waals surface area (Å²) in [6.45, 7) is 0. The Balaban J connectivity index is 2.11. The lowest BCUT2D eigenvalue weighted by atomic mass is 10.1. The molecule has 2 N–H and O–H groups in total. The second kappa shape index (κ2) is 2.59. The Hall–Kier alpha value is -1.38. The minimum atomic E-state index is -0.191. The second-order valence-electron chi connectivity index (χ2n) is 3.14. The van der Waals surface area contributed by atoms with Crippen LogP contribution in [0.25, 0.3) is 0 Å². The van der Waals surface area contributed by atoms with E-state index in [1.54, 1.807) is 12.4 Å². The van der Waals surface area contributed by atoms with Gasteiger partial charge in [0.2, 0.25) is 5.91 Å². The Morgan fingerprint density at radius 2 is 2.50 bits per heavy atom. The van der Waals surface area contributed by atoms with Gasteiger partial charge in [0.05, 0.1) is 0 Å².